The lowest BCUT2D eigenvalue weighted by molar-refractivity contribution is -0.129. The van der Waals surface area contributed by atoms with E-state index in [-0.39, 0.29) is 11.1 Å². The fourth-order valence-corrected chi connectivity index (χ4v) is 2.49. The van der Waals surface area contributed by atoms with Crippen molar-refractivity contribution in [2.24, 2.45) is 4.99 Å². The Kier molecular flexibility index (Phi) is 4.29. The van der Waals surface area contributed by atoms with Crippen molar-refractivity contribution < 1.29 is 9.53 Å². The molecule has 1 heterocycles. The predicted octanol–water partition coefficient (Wildman–Crippen LogP) is 4.98. The number of cyclic esters (lactones) is 1. The van der Waals surface area contributed by atoms with Crippen LogP contribution in [0.3, 0.4) is 0 Å². The Morgan fingerprint density at radius 3 is 2.21 bits per heavy atom. The van der Waals surface area contributed by atoms with E-state index in [2.05, 4.69) is 25.8 Å². The number of hydrogen-bond donors (Lipinski definition) is 0. The molecule has 0 unspecified atom stereocenters. The van der Waals surface area contributed by atoms with Crippen molar-refractivity contribution in [2.75, 3.05) is 0 Å². The highest BCUT2D eigenvalue weighted by Gasteiger charge is 2.24. The number of halogens is 1. The van der Waals surface area contributed by atoms with Crippen molar-refractivity contribution in [3.05, 3.63) is 75.9 Å². The Bertz CT molecular complexity index is 825. The third-order valence-corrected chi connectivity index (χ3v) is 4.04. The number of carbonyl (C=O) groups excluding carboxylic acids is 1. The molecule has 24 heavy (non-hydrogen) atoms. The number of esters is 1. The molecule has 3 rings (SSSR count). The Hall–Kier alpha value is -2.39. The summed E-state index contributed by atoms with van der Waals surface area (Å²) in [5, 5.41) is 0.647. The number of ether oxygens (including phenoxy) is 1. The van der Waals surface area contributed by atoms with Gasteiger partial charge < -0.3 is 4.74 Å². The highest BCUT2D eigenvalue weighted by Crippen LogP contribution is 2.24. The molecule has 4 heteroatoms. The normalized spacial score (nSPS) is 16.2. The zero-order chi connectivity index (χ0) is 17.3. The van der Waals surface area contributed by atoms with E-state index in [0.29, 0.717) is 10.9 Å². The van der Waals surface area contributed by atoms with Gasteiger partial charge in [-0.3, -0.25) is 0 Å². The minimum atomic E-state index is -0.445. The molecule has 1 aliphatic heterocycles. The molecule has 2 aromatic rings. The van der Waals surface area contributed by atoms with E-state index in [1.165, 1.54) is 5.56 Å². The first kappa shape index (κ1) is 16.5. The lowest BCUT2D eigenvalue weighted by atomic mass is 9.87. The summed E-state index contributed by atoms with van der Waals surface area (Å²) in [6, 6.07) is 15.1. The fourth-order valence-electron chi connectivity index (χ4n) is 2.36. The summed E-state index contributed by atoms with van der Waals surface area (Å²) in [5.41, 5.74) is 3.21. The zero-order valence-electron chi connectivity index (χ0n) is 13.8. The van der Waals surface area contributed by atoms with Gasteiger partial charge in [0.25, 0.3) is 0 Å². The van der Waals surface area contributed by atoms with Crippen LogP contribution >= 0.6 is 11.6 Å². The maximum Gasteiger partial charge on any atom is 0.363 e. The van der Waals surface area contributed by atoms with Gasteiger partial charge in [-0.25, -0.2) is 9.79 Å². The molecule has 2 aromatic carbocycles. The lowest BCUT2D eigenvalue weighted by Gasteiger charge is -2.18. The molecular weight excluding hydrogens is 322 g/mol. The Morgan fingerprint density at radius 1 is 1.00 bits per heavy atom. The van der Waals surface area contributed by atoms with Crippen LogP contribution in [-0.4, -0.2) is 11.9 Å². The number of nitrogens with zero attached hydrogens (tertiary/aromatic N) is 1. The number of carbonyl (C=O) groups is 1. The van der Waals surface area contributed by atoms with Crippen molar-refractivity contribution in [3.63, 3.8) is 0 Å². The molecule has 1 aliphatic rings. The van der Waals surface area contributed by atoms with E-state index in [0.717, 1.165) is 11.1 Å². The van der Waals surface area contributed by atoms with Crippen LogP contribution in [-0.2, 0) is 14.9 Å². The van der Waals surface area contributed by atoms with Gasteiger partial charge in [-0.2, -0.15) is 0 Å². The average Bonchev–Trinajstić information content (AvgIpc) is 2.90. The molecular formula is C20H18ClNO2. The number of benzene rings is 2. The molecule has 0 aromatic heterocycles. The summed E-state index contributed by atoms with van der Waals surface area (Å²) in [7, 11) is 0. The van der Waals surface area contributed by atoms with Gasteiger partial charge >= 0.3 is 5.97 Å². The predicted molar refractivity (Wildman–Crippen MR) is 97.2 cm³/mol. The Balaban J connectivity index is 1.87. The molecule has 0 saturated carbocycles. The quantitative estimate of drug-likeness (QED) is 0.571. The summed E-state index contributed by atoms with van der Waals surface area (Å²) in [6.07, 6.45) is 1.69. The summed E-state index contributed by atoms with van der Waals surface area (Å²) < 4.78 is 5.30. The number of aliphatic imine (C=N–C) groups is 1. The smallest absolute Gasteiger partial charge is 0.363 e. The van der Waals surface area contributed by atoms with E-state index in [1.54, 1.807) is 18.2 Å². The minimum Gasteiger partial charge on any atom is -0.402 e. The van der Waals surface area contributed by atoms with Crippen molar-refractivity contribution in [1.29, 1.82) is 0 Å². The van der Waals surface area contributed by atoms with E-state index in [1.807, 2.05) is 36.4 Å². The van der Waals surface area contributed by atoms with Gasteiger partial charge in [0, 0.05) is 10.6 Å². The Labute approximate surface area is 146 Å². The third-order valence-electron chi connectivity index (χ3n) is 3.79. The van der Waals surface area contributed by atoms with Crippen LogP contribution in [0.4, 0.5) is 0 Å². The molecule has 0 bridgehead atoms. The molecule has 0 atom stereocenters. The first-order chi connectivity index (χ1) is 11.3. The molecule has 0 aliphatic carbocycles. The average molecular weight is 340 g/mol. The molecule has 0 radical (unpaired) electrons. The van der Waals surface area contributed by atoms with Crippen LogP contribution in [0.5, 0.6) is 0 Å². The molecule has 0 N–H and O–H groups in total. The second-order valence-electron chi connectivity index (χ2n) is 6.71. The van der Waals surface area contributed by atoms with E-state index in [4.69, 9.17) is 16.3 Å². The first-order valence-electron chi connectivity index (χ1n) is 7.72. The maximum atomic E-state index is 12.0. The van der Waals surface area contributed by atoms with Crippen LogP contribution in [0.15, 0.2) is 59.2 Å². The largest absolute Gasteiger partial charge is 0.402 e. The van der Waals surface area contributed by atoms with Crippen LogP contribution in [0, 0.1) is 0 Å². The van der Waals surface area contributed by atoms with Crippen molar-refractivity contribution in [3.8, 4) is 0 Å². The van der Waals surface area contributed by atoms with Crippen molar-refractivity contribution >= 4 is 29.5 Å². The van der Waals surface area contributed by atoms with Crippen LogP contribution in [0.1, 0.15) is 37.5 Å². The maximum absolute atomic E-state index is 12.0. The second kappa shape index (κ2) is 6.25. The summed E-state index contributed by atoms with van der Waals surface area (Å²) in [4.78, 5) is 16.3. The molecule has 0 spiro atoms. The standard InChI is InChI=1S/C20H18ClNO2/c1-20(2,3)15-8-6-14(7-9-15)18-22-17(19(23)24-18)12-13-4-10-16(21)11-5-13/h4-12H,1-3H3/b17-12-. The molecule has 3 nitrogen and oxygen atoms in total. The number of hydrogen-bond acceptors (Lipinski definition) is 3. The topological polar surface area (TPSA) is 38.7 Å². The van der Waals surface area contributed by atoms with Crippen molar-refractivity contribution in [1.82, 2.24) is 0 Å². The van der Waals surface area contributed by atoms with Crippen molar-refractivity contribution in [2.45, 2.75) is 26.2 Å². The van der Waals surface area contributed by atoms with Crippen LogP contribution < -0.4 is 0 Å². The van der Waals surface area contributed by atoms with Gasteiger partial charge in [-0.1, -0.05) is 56.6 Å². The van der Waals surface area contributed by atoms with Crippen LogP contribution in [0.2, 0.25) is 5.02 Å². The monoisotopic (exact) mass is 339 g/mol. The summed E-state index contributed by atoms with van der Waals surface area (Å²) >= 11 is 5.87. The van der Waals surface area contributed by atoms with E-state index >= 15 is 0 Å². The molecule has 0 saturated heterocycles. The third kappa shape index (κ3) is 3.57. The van der Waals surface area contributed by atoms with Crippen LogP contribution in [0.25, 0.3) is 6.08 Å². The van der Waals surface area contributed by atoms with Gasteiger partial charge in [0.15, 0.2) is 5.70 Å². The number of rotatable bonds is 2. The zero-order valence-corrected chi connectivity index (χ0v) is 14.6. The molecule has 0 amide bonds. The molecule has 122 valence electrons. The lowest BCUT2D eigenvalue weighted by Crippen LogP contribution is -2.11. The van der Waals surface area contributed by atoms with Gasteiger partial charge in [-0.05, 0) is 46.9 Å². The summed E-state index contributed by atoms with van der Waals surface area (Å²) in [6.45, 7) is 6.46. The van der Waals surface area contributed by atoms with E-state index in [9.17, 15) is 4.79 Å². The van der Waals surface area contributed by atoms with E-state index < -0.39 is 5.97 Å². The SMILES string of the molecule is CC(C)(C)c1ccc(C2=N/C(=C\c3ccc(Cl)cc3)C(=O)O2)cc1. The minimum absolute atomic E-state index is 0.0757. The van der Waals surface area contributed by atoms with Gasteiger partial charge in [-0.15, -0.1) is 0 Å². The Morgan fingerprint density at radius 2 is 1.62 bits per heavy atom. The fraction of sp³-hybridized carbons (Fsp3) is 0.200. The van der Waals surface area contributed by atoms with Gasteiger partial charge in [0.05, 0.1) is 0 Å². The highest BCUT2D eigenvalue weighted by atomic mass is 35.5. The van der Waals surface area contributed by atoms with Gasteiger partial charge in [0.2, 0.25) is 5.90 Å². The second-order valence-corrected chi connectivity index (χ2v) is 7.15. The van der Waals surface area contributed by atoms with Gasteiger partial charge in [0.1, 0.15) is 0 Å². The highest BCUT2D eigenvalue weighted by molar-refractivity contribution is 6.30. The summed E-state index contributed by atoms with van der Waals surface area (Å²) in [5.74, 6) is -0.111. The molecule has 0 fully saturated rings. The first-order valence-corrected chi connectivity index (χ1v) is 8.10.